The van der Waals surface area contributed by atoms with Crippen LogP contribution in [0.2, 0.25) is 0 Å². The van der Waals surface area contributed by atoms with Gasteiger partial charge in [-0.2, -0.15) is 0 Å². The Morgan fingerprint density at radius 1 is 0.963 bits per heavy atom. The van der Waals surface area contributed by atoms with E-state index in [-0.39, 0.29) is 10.7 Å². The lowest BCUT2D eigenvalue weighted by atomic mass is 10.1. The molecule has 0 bridgehead atoms. The molecule has 0 atom stereocenters. The van der Waals surface area contributed by atoms with Crippen molar-refractivity contribution in [2.75, 3.05) is 10.2 Å². The van der Waals surface area contributed by atoms with Crippen molar-refractivity contribution in [1.29, 1.82) is 0 Å². The van der Waals surface area contributed by atoms with Crippen LogP contribution in [0.25, 0.3) is 0 Å². The van der Waals surface area contributed by atoms with Crippen LogP contribution >= 0.6 is 11.6 Å². The summed E-state index contributed by atoms with van der Waals surface area (Å²) in [7, 11) is 0. The fourth-order valence-corrected chi connectivity index (χ4v) is 3.35. The van der Waals surface area contributed by atoms with Crippen molar-refractivity contribution in [1.82, 2.24) is 0 Å². The minimum Gasteiger partial charge on any atom is -0.350 e. The lowest BCUT2D eigenvalue weighted by Crippen LogP contribution is -2.33. The van der Waals surface area contributed by atoms with Gasteiger partial charge in [0.15, 0.2) is 0 Å². The molecule has 0 unspecified atom stereocenters. The highest BCUT2D eigenvalue weighted by Gasteiger charge is 2.39. The second kappa shape index (κ2) is 8.40. The number of hydrogen-bond donors (Lipinski definition) is 1. The number of imide groups is 1. The predicted molar refractivity (Wildman–Crippen MR) is 110 cm³/mol. The Kier molecular flexibility index (Phi) is 5.97. The zero-order valence-electron chi connectivity index (χ0n) is 15.6. The zero-order chi connectivity index (χ0) is 19.4. The standard InChI is InChI=1S/C22H23ClN2O2/c1-3-5-8-15-11-13-17(14-12-15)24-20-19(23)21(26)25(22(20)27)18-10-7-6-9-16(18)4-2/h6-7,9-14,24H,3-5,8H2,1-2H3. The van der Waals surface area contributed by atoms with Gasteiger partial charge in [-0.05, 0) is 48.6 Å². The summed E-state index contributed by atoms with van der Waals surface area (Å²) in [5.41, 5.74) is 3.60. The average molecular weight is 383 g/mol. The second-order valence-corrected chi connectivity index (χ2v) is 6.92. The second-order valence-electron chi connectivity index (χ2n) is 6.54. The number of nitrogens with zero attached hydrogens (tertiary/aromatic N) is 1. The minimum atomic E-state index is -0.496. The van der Waals surface area contributed by atoms with Gasteiger partial charge in [0.25, 0.3) is 11.8 Å². The number of hydrogen-bond acceptors (Lipinski definition) is 3. The number of rotatable bonds is 7. The van der Waals surface area contributed by atoms with E-state index >= 15 is 0 Å². The average Bonchev–Trinajstić information content (AvgIpc) is 2.90. The van der Waals surface area contributed by atoms with E-state index in [0.717, 1.165) is 35.4 Å². The zero-order valence-corrected chi connectivity index (χ0v) is 16.3. The Morgan fingerprint density at radius 3 is 2.33 bits per heavy atom. The number of nitrogens with one attached hydrogen (secondary N) is 1. The van der Waals surface area contributed by atoms with Gasteiger partial charge in [0, 0.05) is 5.69 Å². The van der Waals surface area contributed by atoms with Crippen LogP contribution in [-0.2, 0) is 22.4 Å². The molecule has 1 aliphatic rings. The third-order valence-corrected chi connectivity index (χ3v) is 5.03. The summed E-state index contributed by atoms with van der Waals surface area (Å²) in [4.78, 5) is 26.7. The van der Waals surface area contributed by atoms with Crippen molar-refractivity contribution in [2.24, 2.45) is 0 Å². The number of amides is 2. The maximum atomic E-state index is 12.9. The Hall–Kier alpha value is -2.59. The summed E-state index contributed by atoms with van der Waals surface area (Å²) < 4.78 is 0. The number of anilines is 2. The van der Waals surface area contributed by atoms with Gasteiger partial charge >= 0.3 is 0 Å². The van der Waals surface area contributed by atoms with Gasteiger partial charge in [-0.3, -0.25) is 9.59 Å². The number of carbonyl (C=O) groups excluding carboxylic acids is 2. The predicted octanol–water partition coefficient (Wildman–Crippen LogP) is 5.03. The van der Waals surface area contributed by atoms with Crippen LogP contribution in [0.5, 0.6) is 0 Å². The maximum absolute atomic E-state index is 12.9. The fourth-order valence-electron chi connectivity index (χ4n) is 3.14. The molecule has 0 aromatic heterocycles. The first kappa shape index (κ1) is 19.2. The topological polar surface area (TPSA) is 49.4 Å². The Balaban J connectivity index is 1.82. The molecule has 27 heavy (non-hydrogen) atoms. The van der Waals surface area contributed by atoms with Crippen LogP contribution in [0.1, 0.15) is 37.8 Å². The van der Waals surface area contributed by atoms with Gasteiger partial charge in [0.1, 0.15) is 10.7 Å². The molecule has 0 aliphatic carbocycles. The highest BCUT2D eigenvalue weighted by Crippen LogP contribution is 2.32. The van der Waals surface area contributed by atoms with E-state index in [1.165, 1.54) is 5.56 Å². The van der Waals surface area contributed by atoms with Gasteiger partial charge in [-0.25, -0.2) is 4.90 Å². The van der Waals surface area contributed by atoms with Crippen molar-refractivity contribution in [3.05, 3.63) is 70.4 Å². The Bertz CT molecular complexity index is 887. The van der Waals surface area contributed by atoms with Crippen LogP contribution in [-0.4, -0.2) is 11.8 Å². The van der Waals surface area contributed by atoms with Gasteiger partial charge < -0.3 is 5.32 Å². The molecule has 3 rings (SSSR count). The van der Waals surface area contributed by atoms with Crippen LogP contribution in [0.15, 0.2) is 59.3 Å². The number of para-hydroxylation sites is 1. The third kappa shape index (κ3) is 3.91. The van der Waals surface area contributed by atoms with Gasteiger partial charge in [-0.1, -0.05) is 62.2 Å². The molecule has 5 heteroatoms. The first-order valence-corrected chi connectivity index (χ1v) is 9.67. The van der Waals surface area contributed by atoms with E-state index in [0.29, 0.717) is 12.1 Å². The van der Waals surface area contributed by atoms with E-state index in [4.69, 9.17) is 11.6 Å². The first-order valence-electron chi connectivity index (χ1n) is 9.29. The minimum absolute atomic E-state index is 0.0824. The van der Waals surface area contributed by atoms with Gasteiger partial charge in [-0.15, -0.1) is 0 Å². The summed E-state index contributed by atoms with van der Waals surface area (Å²) >= 11 is 6.22. The number of carbonyl (C=O) groups is 2. The molecule has 0 spiro atoms. The van der Waals surface area contributed by atoms with Crippen molar-refractivity contribution in [2.45, 2.75) is 39.5 Å². The molecule has 0 saturated carbocycles. The molecular formula is C22H23ClN2O2. The van der Waals surface area contributed by atoms with Crippen molar-refractivity contribution in [3.63, 3.8) is 0 Å². The van der Waals surface area contributed by atoms with E-state index < -0.39 is 11.8 Å². The SMILES string of the molecule is CCCCc1ccc(NC2=C(Cl)C(=O)N(c3ccccc3CC)C2=O)cc1. The molecule has 4 nitrogen and oxygen atoms in total. The molecule has 1 heterocycles. The quantitative estimate of drug-likeness (QED) is 0.683. The highest BCUT2D eigenvalue weighted by molar-refractivity contribution is 6.53. The van der Waals surface area contributed by atoms with Crippen molar-refractivity contribution < 1.29 is 9.59 Å². The molecule has 0 radical (unpaired) electrons. The van der Waals surface area contributed by atoms with Crippen molar-refractivity contribution >= 4 is 34.8 Å². The van der Waals surface area contributed by atoms with E-state index in [1.54, 1.807) is 6.07 Å². The lowest BCUT2D eigenvalue weighted by Gasteiger charge is -2.18. The monoisotopic (exact) mass is 382 g/mol. The maximum Gasteiger partial charge on any atom is 0.283 e. The smallest absolute Gasteiger partial charge is 0.283 e. The molecule has 0 saturated heterocycles. The molecule has 1 N–H and O–H groups in total. The van der Waals surface area contributed by atoms with Crippen LogP contribution in [0.4, 0.5) is 11.4 Å². The Morgan fingerprint density at radius 2 is 1.67 bits per heavy atom. The summed E-state index contributed by atoms with van der Waals surface area (Å²) in [5, 5.41) is 2.94. The van der Waals surface area contributed by atoms with E-state index in [1.807, 2.05) is 49.4 Å². The summed E-state index contributed by atoms with van der Waals surface area (Å²) in [5.74, 6) is -0.925. The molecule has 0 fully saturated rings. The number of benzene rings is 2. The third-order valence-electron chi connectivity index (χ3n) is 4.68. The van der Waals surface area contributed by atoms with Crippen molar-refractivity contribution in [3.8, 4) is 0 Å². The van der Waals surface area contributed by atoms with E-state index in [9.17, 15) is 9.59 Å². The lowest BCUT2D eigenvalue weighted by molar-refractivity contribution is -0.120. The van der Waals surface area contributed by atoms with E-state index in [2.05, 4.69) is 12.2 Å². The summed E-state index contributed by atoms with van der Waals surface area (Å²) in [6.07, 6.45) is 4.03. The summed E-state index contributed by atoms with van der Waals surface area (Å²) in [6, 6.07) is 15.2. The van der Waals surface area contributed by atoms with Crippen LogP contribution in [0, 0.1) is 0 Å². The largest absolute Gasteiger partial charge is 0.350 e. The molecule has 2 aromatic carbocycles. The van der Waals surface area contributed by atoms with Gasteiger partial charge in [0.2, 0.25) is 0 Å². The molecule has 2 amide bonds. The molecular weight excluding hydrogens is 360 g/mol. The highest BCUT2D eigenvalue weighted by atomic mass is 35.5. The Labute approximate surface area is 164 Å². The van der Waals surface area contributed by atoms with Crippen LogP contribution < -0.4 is 10.2 Å². The molecule has 140 valence electrons. The first-order chi connectivity index (χ1) is 13.1. The van der Waals surface area contributed by atoms with Gasteiger partial charge in [0.05, 0.1) is 5.69 Å². The number of unbranched alkanes of at least 4 members (excludes halogenated alkanes) is 1. The fraction of sp³-hybridized carbons (Fsp3) is 0.273. The molecule has 2 aromatic rings. The van der Waals surface area contributed by atoms with Crippen LogP contribution in [0.3, 0.4) is 0 Å². The number of aryl methyl sites for hydroxylation is 2. The summed E-state index contributed by atoms with van der Waals surface area (Å²) in [6.45, 7) is 4.15. The normalized spacial score (nSPS) is 14.3. The number of halogens is 1. The molecule has 1 aliphatic heterocycles.